The molecular weight excluding hydrogens is 658 g/mol. The highest BCUT2D eigenvalue weighted by atomic mass is 32.2. The second kappa shape index (κ2) is 13.9. The number of primary amides is 1. The third-order valence-corrected chi connectivity index (χ3v) is 10.0. The molecule has 1 amide bonds. The summed E-state index contributed by atoms with van der Waals surface area (Å²) in [7, 11) is -2.82. The predicted molar refractivity (Wildman–Crippen MR) is 168 cm³/mol. The predicted octanol–water partition coefficient (Wildman–Crippen LogP) is 4.66. The number of nitro groups is 1. The van der Waals surface area contributed by atoms with Crippen molar-refractivity contribution in [1.82, 2.24) is 20.2 Å². The number of H-pyrrole nitrogens is 1. The highest BCUT2D eigenvalue weighted by Crippen LogP contribution is 2.40. The van der Waals surface area contributed by atoms with Gasteiger partial charge in [0.1, 0.15) is 5.82 Å². The van der Waals surface area contributed by atoms with E-state index in [0.29, 0.717) is 43.3 Å². The van der Waals surface area contributed by atoms with Gasteiger partial charge >= 0.3 is 5.69 Å². The Morgan fingerprint density at radius 3 is 2.57 bits per heavy atom. The van der Waals surface area contributed by atoms with Gasteiger partial charge in [-0.3, -0.25) is 20.0 Å². The van der Waals surface area contributed by atoms with Crippen molar-refractivity contribution >= 4 is 50.6 Å². The monoisotopic (exact) mass is 688 g/mol. The van der Waals surface area contributed by atoms with E-state index in [1.165, 1.54) is 19.2 Å². The lowest BCUT2D eigenvalue weighted by Gasteiger charge is -2.33. The molecule has 0 radical (unpaired) electrons. The van der Waals surface area contributed by atoms with Crippen LogP contribution in [0.3, 0.4) is 0 Å². The number of hydrogen-bond acceptors (Lipinski definition) is 12. The molecule has 0 spiro atoms. The molecule has 3 heterocycles. The number of benzene rings is 2. The summed E-state index contributed by atoms with van der Waals surface area (Å²) in [5.74, 6) is -1.86. The Balaban J connectivity index is 1.44. The highest BCUT2D eigenvalue weighted by Gasteiger charge is 2.28. The molecule has 4 N–H and O–H groups in total. The SMILES string of the molecule is COc1c(Nc2cc(C)[nH]n2)nc(Sc2ccc(S(=O)(=O)Cc3cccc([N+](=O)[O-])c3F)cc2F)nc1N1CCC(CC(N)=O)CC1. The van der Waals surface area contributed by atoms with E-state index in [9.17, 15) is 27.7 Å². The van der Waals surface area contributed by atoms with Crippen LogP contribution in [0.25, 0.3) is 0 Å². The molecule has 14 nitrogen and oxygen atoms in total. The standard InChI is InChI=1S/C29H30F2N8O6S2/c1-16-12-24(37-36-16)33-27-26(45-2)28(38-10-8-17(9-11-38)13-23(32)40)35-29(34-27)46-22-7-6-19(14-20(22)30)47(43,44)15-18-4-3-5-21(25(18)31)39(41)42/h3-7,12,14,17H,8-11,13,15H2,1-2H3,(H2,32,40)(H2,33,34,35,36,37). The topological polar surface area (TPSA) is 199 Å². The van der Waals surface area contributed by atoms with E-state index >= 15 is 4.39 Å². The number of carbonyl (C=O) groups excluding carboxylic acids is 1. The number of rotatable bonds is 12. The summed E-state index contributed by atoms with van der Waals surface area (Å²) in [4.78, 5) is 32.3. The van der Waals surface area contributed by atoms with Gasteiger partial charge in [0.2, 0.25) is 17.5 Å². The van der Waals surface area contributed by atoms with Crippen molar-refractivity contribution < 1.29 is 31.7 Å². The number of nitrogens with zero attached hydrogens (tertiary/aromatic N) is 5. The number of ether oxygens (including phenoxy) is 1. The quantitative estimate of drug-likeness (QED) is 0.106. The number of hydrogen-bond donors (Lipinski definition) is 3. The lowest BCUT2D eigenvalue weighted by atomic mass is 9.93. The number of nitrogens with two attached hydrogens (primary N) is 1. The van der Waals surface area contributed by atoms with Crippen molar-refractivity contribution in [3.05, 3.63) is 75.5 Å². The molecule has 0 saturated carbocycles. The lowest BCUT2D eigenvalue weighted by molar-refractivity contribution is -0.387. The molecule has 2 aromatic carbocycles. The van der Waals surface area contributed by atoms with Crippen LogP contribution >= 0.6 is 11.8 Å². The number of anilines is 3. The molecule has 248 valence electrons. The van der Waals surface area contributed by atoms with Gasteiger partial charge in [0, 0.05) is 42.9 Å². The maximum atomic E-state index is 15.4. The number of piperidine rings is 1. The number of nitro benzene ring substituents is 1. The van der Waals surface area contributed by atoms with Crippen molar-refractivity contribution in [3.8, 4) is 5.75 Å². The molecule has 18 heteroatoms. The Labute approximate surface area is 272 Å². The molecule has 0 bridgehead atoms. The second-order valence-corrected chi connectivity index (χ2v) is 13.8. The Morgan fingerprint density at radius 1 is 1.21 bits per heavy atom. The first-order chi connectivity index (χ1) is 22.3. The molecule has 0 aliphatic carbocycles. The zero-order valence-electron chi connectivity index (χ0n) is 25.2. The van der Waals surface area contributed by atoms with E-state index in [-0.39, 0.29) is 34.1 Å². The zero-order chi connectivity index (χ0) is 33.9. The van der Waals surface area contributed by atoms with Crippen LogP contribution in [0.15, 0.2) is 57.4 Å². The van der Waals surface area contributed by atoms with E-state index in [2.05, 4.69) is 25.5 Å². The number of nitrogens with one attached hydrogen (secondary N) is 2. The number of aromatic nitrogens is 4. The van der Waals surface area contributed by atoms with Crippen molar-refractivity contribution in [2.75, 3.05) is 30.4 Å². The van der Waals surface area contributed by atoms with Crippen molar-refractivity contribution in [3.63, 3.8) is 0 Å². The minimum absolute atomic E-state index is 0.00308. The average Bonchev–Trinajstić information content (AvgIpc) is 3.43. The number of carbonyl (C=O) groups is 1. The van der Waals surface area contributed by atoms with Crippen molar-refractivity contribution in [2.24, 2.45) is 11.7 Å². The minimum atomic E-state index is -4.29. The van der Waals surface area contributed by atoms with E-state index in [1.54, 1.807) is 6.07 Å². The smallest absolute Gasteiger partial charge is 0.305 e. The van der Waals surface area contributed by atoms with Gasteiger partial charge in [-0.2, -0.15) is 9.49 Å². The van der Waals surface area contributed by atoms with Crippen molar-refractivity contribution in [2.45, 2.75) is 46.9 Å². The number of amides is 1. The molecule has 47 heavy (non-hydrogen) atoms. The van der Waals surface area contributed by atoms with Crippen LogP contribution in [-0.2, 0) is 20.4 Å². The lowest BCUT2D eigenvalue weighted by Crippen LogP contribution is -2.36. The summed E-state index contributed by atoms with van der Waals surface area (Å²) >= 11 is 0.843. The molecule has 5 rings (SSSR count). The van der Waals surface area contributed by atoms with E-state index in [4.69, 9.17) is 10.5 Å². The number of methoxy groups -OCH3 is 1. The maximum Gasteiger partial charge on any atom is 0.305 e. The van der Waals surface area contributed by atoms with Gasteiger partial charge in [-0.05, 0) is 55.6 Å². The molecule has 2 aromatic heterocycles. The van der Waals surface area contributed by atoms with Gasteiger partial charge < -0.3 is 20.7 Å². The largest absolute Gasteiger partial charge is 0.490 e. The molecule has 1 aliphatic rings. The third kappa shape index (κ3) is 7.76. The Bertz CT molecular complexity index is 1930. The minimum Gasteiger partial charge on any atom is -0.490 e. The molecule has 1 fully saturated rings. The molecule has 0 atom stereocenters. The van der Waals surface area contributed by atoms with Crippen LogP contribution in [0.4, 0.5) is 31.9 Å². The third-order valence-electron chi connectivity index (χ3n) is 7.45. The summed E-state index contributed by atoms with van der Waals surface area (Å²) in [6.45, 7) is 2.91. The van der Waals surface area contributed by atoms with Gasteiger partial charge in [0.05, 0.1) is 27.6 Å². The summed E-state index contributed by atoms with van der Waals surface area (Å²) < 4.78 is 61.8. The number of aromatic amines is 1. The van der Waals surface area contributed by atoms with Crippen LogP contribution < -0.4 is 20.7 Å². The summed E-state index contributed by atoms with van der Waals surface area (Å²) in [6.07, 6.45) is 1.65. The fourth-order valence-corrected chi connectivity index (χ4v) is 7.27. The summed E-state index contributed by atoms with van der Waals surface area (Å²) in [5, 5.41) is 21.3. The second-order valence-electron chi connectivity index (χ2n) is 10.8. The molecule has 1 aliphatic heterocycles. The maximum absolute atomic E-state index is 15.4. The highest BCUT2D eigenvalue weighted by molar-refractivity contribution is 7.99. The Kier molecular flexibility index (Phi) is 9.90. The first-order valence-corrected chi connectivity index (χ1v) is 16.7. The van der Waals surface area contributed by atoms with E-state index in [0.717, 1.165) is 41.7 Å². The Morgan fingerprint density at radius 2 is 1.96 bits per heavy atom. The fraction of sp³-hybridized carbons (Fsp3) is 0.310. The van der Waals surface area contributed by atoms with Gasteiger partial charge in [0.25, 0.3) is 0 Å². The van der Waals surface area contributed by atoms with Crippen LogP contribution in [-0.4, -0.2) is 59.6 Å². The van der Waals surface area contributed by atoms with Crippen molar-refractivity contribution in [1.29, 1.82) is 0 Å². The molecule has 1 saturated heterocycles. The van der Waals surface area contributed by atoms with Gasteiger partial charge in [-0.1, -0.05) is 12.1 Å². The van der Waals surface area contributed by atoms with Crippen LogP contribution in [0.2, 0.25) is 0 Å². The number of sulfone groups is 1. The fourth-order valence-electron chi connectivity index (χ4n) is 5.15. The van der Waals surface area contributed by atoms with Gasteiger partial charge in [-0.25, -0.2) is 22.8 Å². The normalized spacial score (nSPS) is 13.8. The first-order valence-electron chi connectivity index (χ1n) is 14.2. The van der Waals surface area contributed by atoms with Crippen LogP contribution in [0, 0.1) is 34.6 Å². The average molecular weight is 689 g/mol. The number of halogens is 2. The summed E-state index contributed by atoms with van der Waals surface area (Å²) in [6, 6.07) is 8.17. The van der Waals surface area contributed by atoms with E-state index < -0.39 is 48.3 Å². The van der Waals surface area contributed by atoms with Gasteiger partial charge in [0.15, 0.2) is 32.4 Å². The summed E-state index contributed by atoms with van der Waals surface area (Å²) in [5.41, 5.74) is 4.90. The first kappa shape index (κ1) is 33.5. The van der Waals surface area contributed by atoms with Crippen LogP contribution in [0.1, 0.15) is 30.5 Å². The van der Waals surface area contributed by atoms with Gasteiger partial charge in [-0.15, -0.1) is 0 Å². The molecule has 4 aromatic rings. The molecule has 0 unspecified atom stereocenters. The zero-order valence-corrected chi connectivity index (χ0v) is 26.8. The van der Waals surface area contributed by atoms with Crippen LogP contribution in [0.5, 0.6) is 5.75 Å². The number of aryl methyl sites for hydroxylation is 1. The Hall–Kier alpha value is -4.84. The van der Waals surface area contributed by atoms with E-state index in [1.807, 2.05) is 11.8 Å². The molecular formula is C29H30F2N8O6S2.